The van der Waals surface area contributed by atoms with E-state index in [0.29, 0.717) is 0 Å². The third-order valence-corrected chi connectivity index (χ3v) is 2.11. The number of carbonyl (C=O) groups excluding carboxylic acids is 1. The smallest absolute Gasteiger partial charge is 0.235 e. The molecule has 0 fully saturated rings. The van der Waals surface area contributed by atoms with Gasteiger partial charge in [0.25, 0.3) is 0 Å². The zero-order chi connectivity index (χ0) is 9.84. The molecule has 0 aliphatic rings. The number of aryl methyl sites for hydroxylation is 1. The van der Waals surface area contributed by atoms with Gasteiger partial charge < -0.3 is 10.4 Å². The fraction of sp³-hybridized carbons (Fsp3) is 0.222. The Kier molecular flexibility index (Phi) is 3.31. The van der Waals surface area contributed by atoms with Gasteiger partial charge in [-0.05, 0) is 30.7 Å². The second kappa shape index (κ2) is 4.28. The van der Waals surface area contributed by atoms with Crippen molar-refractivity contribution in [3.05, 3.63) is 23.8 Å². The van der Waals surface area contributed by atoms with E-state index in [1.165, 1.54) is 6.07 Å². The average molecular weight is 244 g/mol. The lowest BCUT2D eigenvalue weighted by atomic mass is 10.2. The van der Waals surface area contributed by atoms with Crippen molar-refractivity contribution >= 4 is 27.5 Å². The molecule has 0 radical (unpaired) electrons. The summed E-state index contributed by atoms with van der Waals surface area (Å²) in [7, 11) is 0. The first-order valence-corrected chi connectivity index (χ1v) is 4.91. The maximum Gasteiger partial charge on any atom is 0.235 e. The van der Waals surface area contributed by atoms with Crippen LogP contribution in [0.5, 0.6) is 5.75 Å². The molecule has 13 heavy (non-hydrogen) atoms. The molecule has 0 spiro atoms. The Hall–Kier alpha value is -1.03. The minimum atomic E-state index is -0.103. The minimum Gasteiger partial charge on any atom is -0.508 e. The first kappa shape index (κ1) is 10.1. The van der Waals surface area contributed by atoms with Crippen molar-refractivity contribution in [2.24, 2.45) is 0 Å². The van der Waals surface area contributed by atoms with E-state index in [4.69, 9.17) is 5.11 Å². The number of rotatable bonds is 2. The quantitative estimate of drug-likeness (QED) is 0.617. The Balaban J connectivity index is 2.83. The SMILES string of the molecule is Cc1cc(O)ccc1NC(=O)CBr. The van der Waals surface area contributed by atoms with Gasteiger partial charge in [0.1, 0.15) is 5.75 Å². The molecular weight excluding hydrogens is 234 g/mol. The van der Waals surface area contributed by atoms with Crippen LogP contribution >= 0.6 is 15.9 Å². The molecule has 0 unspecified atom stereocenters. The van der Waals surface area contributed by atoms with E-state index in [1.807, 2.05) is 6.92 Å². The van der Waals surface area contributed by atoms with Gasteiger partial charge in [-0.25, -0.2) is 0 Å². The summed E-state index contributed by atoms with van der Waals surface area (Å²) < 4.78 is 0. The number of phenols is 1. The Morgan fingerprint density at radius 1 is 1.62 bits per heavy atom. The topological polar surface area (TPSA) is 49.3 Å². The normalized spacial score (nSPS) is 9.69. The third-order valence-electron chi connectivity index (χ3n) is 1.61. The number of nitrogens with one attached hydrogen (secondary N) is 1. The number of hydrogen-bond donors (Lipinski definition) is 2. The lowest BCUT2D eigenvalue weighted by molar-refractivity contribution is -0.113. The Morgan fingerprint density at radius 3 is 2.85 bits per heavy atom. The zero-order valence-corrected chi connectivity index (χ0v) is 8.76. The summed E-state index contributed by atoms with van der Waals surface area (Å²) in [6, 6.07) is 4.81. The van der Waals surface area contributed by atoms with E-state index in [-0.39, 0.29) is 17.0 Å². The predicted octanol–water partition coefficient (Wildman–Crippen LogP) is 2.03. The molecule has 1 amide bonds. The average Bonchev–Trinajstić information content (AvgIpc) is 2.09. The molecule has 70 valence electrons. The fourth-order valence-corrected chi connectivity index (χ4v) is 1.11. The number of phenolic OH excluding ortho intramolecular Hbond substituents is 1. The summed E-state index contributed by atoms with van der Waals surface area (Å²) in [6.07, 6.45) is 0. The molecule has 0 aliphatic heterocycles. The van der Waals surface area contributed by atoms with Crippen LogP contribution in [0.2, 0.25) is 0 Å². The van der Waals surface area contributed by atoms with Crippen molar-refractivity contribution in [3.63, 3.8) is 0 Å². The number of hydrogen-bond acceptors (Lipinski definition) is 2. The second-order valence-corrected chi connectivity index (χ2v) is 3.24. The van der Waals surface area contributed by atoms with Gasteiger partial charge in [-0.2, -0.15) is 0 Å². The number of anilines is 1. The van der Waals surface area contributed by atoms with Crippen LogP contribution in [0.1, 0.15) is 5.56 Å². The number of alkyl halides is 1. The molecule has 1 aromatic rings. The lowest BCUT2D eigenvalue weighted by Gasteiger charge is -2.06. The van der Waals surface area contributed by atoms with Crippen LogP contribution in [0.3, 0.4) is 0 Å². The molecule has 2 N–H and O–H groups in total. The summed E-state index contributed by atoms with van der Waals surface area (Å²) in [6.45, 7) is 1.82. The first-order valence-electron chi connectivity index (χ1n) is 3.79. The number of aromatic hydroxyl groups is 1. The fourth-order valence-electron chi connectivity index (χ4n) is 0.972. The van der Waals surface area contributed by atoms with E-state index < -0.39 is 0 Å². The molecule has 0 aliphatic carbocycles. The molecule has 0 saturated heterocycles. The molecule has 4 heteroatoms. The predicted molar refractivity (Wildman–Crippen MR) is 55.3 cm³/mol. The van der Waals surface area contributed by atoms with Crippen molar-refractivity contribution in [3.8, 4) is 5.75 Å². The van der Waals surface area contributed by atoms with Gasteiger partial charge in [0.2, 0.25) is 5.91 Å². The molecular formula is C9H10BrNO2. The Bertz CT molecular complexity index is 325. The summed E-state index contributed by atoms with van der Waals surface area (Å²) in [5.41, 5.74) is 1.57. The number of carbonyl (C=O) groups is 1. The van der Waals surface area contributed by atoms with Gasteiger partial charge in [0, 0.05) is 5.69 Å². The van der Waals surface area contributed by atoms with Crippen molar-refractivity contribution in [2.45, 2.75) is 6.92 Å². The molecule has 0 atom stereocenters. The highest BCUT2D eigenvalue weighted by Gasteiger charge is 2.02. The van der Waals surface area contributed by atoms with Crippen LogP contribution in [0.4, 0.5) is 5.69 Å². The lowest BCUT2D eigenvalue weighted by Crippen LogP contribution is -2.12. The molecule has 3 nitrogen and oxygen atoms in total. The largest absolute Gasteiger partial charge is 0.508 e. The van der Waals surface area contributed by atoms with Gasteiger partial charge in [0.15, 0.2) is 0 Å². The van der Waals surface area contributed by atoms with Crippen LogP contribution in [0.15, 0.2) is 18.2 Å². The van der Waals surface area contributed by atoms with Gasteiger partial charge in [-0.15, -0.1) is 0 Å². The summed E-state index contributed by atoms with van der Waals surface area (Å²) in [5, 5.41) is 12.1. The van der Waals surface area contributed by atoms with Gasteiger partial charge in [0.05, 0.1) is 5.33 Å². The highest BCUT2D eigenvalue weighted by molar-refractivity contribution is 9.09. The van der Waals surface area contributed by atoms with E-state index in [0.717, 1.165) is 11.3 Å². The number of amides is 1. The van der Waals surface area contributed by atoms with Crippen LogP contribution in [0, 0.1) is 6.92 Å². The summed E-state index contributed by atoms with van der Waals surface area (Å²) >= 11 is 3.05. The maximum absolute atomic E-state index is 11.0. The molecule has 1 rings (SSSR count). The van der Waals surface area contributed by atoms with Gasteiger partial charge >= 0.3 is 0 Å². The second-order valence-electron chi connectivity index (χ2n) is 2.68. The molecule has 0 bridgehead atoms. The highest BCUT2D eigenvalue weighted by atomic mass is 79.9. The molecule has 0 aromatic heterocycles. The van der Waals surface area contributed by atoms with E-state index in [1.54, 1.807) is 12.1 Å². The van der Waals surface area contributed by atoms with Crippen LogP contribution in [-0.4, -0.2) is 16.3 Å². The van der Waals surface area contributed by atoms with Crippen LogP contribution in [0.25, 0.3) is 0 Å². The van der Waals surface area contributed by atoms with E-state index in [9.17, 15) is 4.79 Å². The van der Waals surface area contributed by atoms with Crippen molar-refractivity contribution in [1.29, 1.82) is 0 Å². The summed E-state index contributed by atoms with van der Waals surface area (Å²) in [5.74, 6) is 0.100. The number of benzene rings is 1. The third kappa shape index (κ3) is 2.73. The first-order chi connectivity index (χ1) is 6.13. The summed E-state index contributed by atoms with van der Waals surface area (Å²) in [4.78, 5) is 11.0. The van der Waals surface area contributed by atoms with Crippen molar-refractivity contribution in [2.75, 3.05) is 10.6 Å². The van der Waals surface area contributed by atoms with Crippen molar-refractivity contribution < 1.29 is 9.90 Å². The standard InChI is InChI=1S/C9H10BrNO2/c1-6-4-7(12)2-3-8(6)11-9(13)5-10/h2-4,12H,5H2,1H3,(H,11,13). The van der Waals surface area contributed by atoms with Gasteiger partial charge in [-0.1, -0.05) is 15.9 Å². The van der Waals surface area contributed by atoms with E-state index in [2.05, 4.69) is 21.2 Å². The zero-order valence-electron chi connectivity index (χ0n) is 7.17. The van der Waals surface area contributed by atoms with Crippen LogP contribution in [-0.2, 0) is 4.79 Å². The highest BCUT2D eigenvalue weighted by Crippen LogP contribution is 2.19. The monoisotopic (exact) mass is 243 g/mol. The minimum absolute atomic E-state index is 0.103. The maximum atomic E-state index is 11.0. The van der Waals surface area contributed by atoms with Crippen molar-refractivity contribution in [1.82, 2.24) is 0 Å². The number of halogens is 1. The molecule has 0 saturated carbocycles. The molecule has 1 aromatic carbocycles. The molecule has 0 heterocycles. The Labute approximate surface area is 84.9 Å². The van der Waals surface area contributed by atoms with Crippen LogP contribution < -0.4 is 5.32 Å². The Morgan fingerprint density at radius 2 is 2.31 bits per heavy atom. The van der Waals surface area contributed by atoms with E-state index >= 15 is 0 Å². The van der Waals surface area contributed by atoms with Gasteiger partial charge in [-0.3, -0.25) is 4.79 Å².